The van der Waals surface area contributed by atoms with Gasteiger partial charge in [-0.15, -0.1) is 0 Å². The molecule has 0 unspecified atom stereocenters. The van der Waals surface area contributed by atoms with Gasteiger partial charge in [0.2, 0.25) is 0 Å². The summed E-state index contributed by atoms with van der Waals surface area (Å²) in [7, 11) is 0. The zero-order valence-electron chi connectivity index (χ0n) is 17.1. The Morgan fingerprint density at radius 3 is 2.50 bits per heavy atom. The van der Waals surface area contributed by atoms with Crippen LogP contribution in [0, 0.1) is 6.92 Å². The van der Waals surface area contributed by atoms with Gasteiger partial charge in [0.15, 0.2) is 5.65 Å². The second kappa shape index (κ2) is 8.73. The van der Waals surface area contributed by atoms with E-state index < -0.39 is 0 Å². The maximum absolute atomic E-state index is 12.2. The first-order valence-corrected chi connectivity index (χ1v) is 10.0. The lowest BCUT2D eigenvalue weighted by molar-refractivity contribution is 0.0955. The van der Waals surface area contributed by atoms with E-state index in [4.69, 9.17) is 0 Å². The van der Waals surface area contributed by atoms with Crippen molar-refractivity contribution in [3.05, 3.63) is 77.7 Å². The predicted molar refractivity (Wildman–Crippen MR) is 118 cm³/mol. The van der Waals surface area contributed by atoms with E-state index in [-0.39, 0.29) is 5.91 Å². The molecule has 0 atom stereocenters. The molecule has 2 N–H and O–H groups in total. The van der Waals surface area contributed by atoms with Crippen molar-refractivity contribution in [2.75, 3.05) is 18.4 Å². The minimum absolute atomic E-state index is 0.0910. The first kappa shape index (κ1) is 19.6. The number of nitrogens with zero attached hydrogens (tertiary/aromatic N) is 4. The number of benzene rings is 2. The highest BCUT2D eigenvalue weighted by Gasteiger charge is 2.13. The molecule has 0 saturated carbocycles. The number of fused-ring (bicyclic) bond motifs is 1. The molecule has 0 aliphatic carbocycles. The summed E-state index contributed by atoms with van der Waals surface area (Å²) in [6, 6.07) is 17.3. The molecular weight excluding hydrogens is 376 g/mol. The summed E-state index contributed by atoms with van der Waals surface area (Å²) in [5.74, 6) is 1.38. The van der Waals surface area contributed by atoms with Gasteiger partial charge >= 0.3 is 0 Å². The number of nitrogens with one attached hydrogen (secondary N) is 2. The molecule has 4 rings (SSSR count). The summed E-state index contributed by atoms with van der Waals surface area (Å²) < 4.78 is 1.83. The number of carbonyl (C=O) groups is 1. The van der Waals surface area contributed by atoms with Gasteiger partial charge in [0, 0.05) is 25.1 Å². The molecule has 0 bridgehead atoms. The highest BCUT2D eigenvalue weighted by atomic mass is 16.1. The van der Waals surface area contributed by atoms with E-state index in [1.165, 1.54) is 5.56 Å². The molecule has 152 valence electrons. The monoisotopic (exact) mass is 400 g/mol. The third-order valence-electron chi connectivity index (χ3n) is 4.81. The van der Waals surface area contributed by atoms with Crippen LogP contribution >= 0.6 is 0 Å². The summed E-state index contributed by atoms with van der Waals surface area (Å²) in [6.07, 6.45) is 2.49. The summed E-state index contributed by atoms with van der Waals surface area (Å²) >= 11 is 0. The van der Waals surface area contributed by atoms with Crippen molar-refractivity contribution in [2.45, 2.75) is 20.3 Å². The summed E-state index contributed by atoms with van der Waals surface area (Å²) in [6.45, 7) is 5.11. The van der Waals surface area contributed by atoms with Crippen molar-refractivity contribution in [1.82, 2.24) is 25.1 Å². The number of rotatable bonds is 7. The van der Waals surface area contributed by atoms with Crippen molar-refractivity contribution in [1.29, 1.82) is 0 Å². The van der Waals surface area contributed by atoms with Crippen LogP contribution in [0.25, 0.3) is 16.7 Å². The molecular formula is C23H24N6O. The average Bonchev–Trinajstić information content (AvgIpc) is 3.21. The zero-order valence-corrected chi connectivity index (χ0v) is 17.1. The topological polar surface area (TPSA) is 84.7 Å². The lowest BCUT2D eigenvalue weighted by atomic mass is 10.2. The van der Waals surface area contributed by atoms with Gasteiger partial charge in [0.05, 0.1) is 17.3 Å². The molecule has 30 heavy (non-hydrogen) atoms. The van der Waals surface area contributed by atoms with Crippen LogP contribution in [-0.4, -0.2) is 38.7 Å². The second-order valence-electron chi connectivity index (χ2n) is 7.02. The van der Waals surface area contributed by atoms with Crippen LogP contribution < -0.4 is 10.6 Å². The van der Waals surface area contributed by atoms with Gasteiger partial charge in [-0.1, -0.05) is 42.8 Å². The van der Waals surface area contributed by atoms with Gasteiger partial charge in [-0.2, -0.15) is 5.10 Å². The molecule has 0 aliphatic rings. The Morgan fingerprint density at radius 1 is 1.00 bits per heavy atom. The van der Waals surface area contributed by atoms with E-state index in [1.54, 1.807) is 18.3 Å². The first-order chi connectivity index (χ1) is 14.7. The summed E-state index contributed by atoms with van der Waals surface area (Å²) in [4.78, 5) is 21.5. The highest BCUT2D eigenvalue weighted by molar-refractivity contribution is 5.94. The van der Waals surface area contributed by atoms with Gasteiger partial charge in [0.1, 0.15) is 11.6 Å². The van der Waals surface area contributed by atoms with Crippen molar-refractivity contribution in [3.8, 4) is 5.69 Å². The maximum atomic E-state index is 12.2. The smallest absolute Gasteiger partial charge is 0.251 e. The lowest BCUT2D eigenvalue weighted by Crippen LogP contribution is -2.28. The molecule has 0 fully saturated rings. The van der Waals surface area contributed by atoms with Crippen LogP contribution in [0.1, 0.15) is 28.7 Å². The number of hydrogen-bond donors (Lipinski definition) is 2. The van der Waals surface area contributed by atoms with Crippen LogP contribution in [0.4, 0.5) is 5.82 Å². The molecule has 0 spiro atoms. The quantitative estimate of drug-likeness (QED) is 0.464. The molecule has 0 saturated heterocycles. The van der Waals surface area contributed by atoms with E-state index >= 15 is 0 Å². The van der Waals surface area contributed by atoms with E-state index in [9.17, 15) is 4.79 Å². The van der Waals surface area contributed by atoms with Gasteiger partial charge < -0.3 is 10.6 Å². The fourth-order valence-electron chi connectivity index (χ4n) is 3.17. The molecule has 7 heteroatoms. The van der Waals surface area contributed by atoms with Gasteiger partial charge in [-0.25, -0.2) is 14.6 Å². The maximum Gasteiger partial charge on any atom is 0.251 e. The molecule has 4 aromatic rings. The highest BCUT2D eigenvalue weighted by Crippen LogP contribution is 2.23. The Bertz CT molecular complexity index is 1150. The molecule has 2 heterocycles. The number of carbonyl (C=O) groups excluding carboxylic acids is 1. The Hall–Kier alpha value is -3.74. The zero-order chi connectivity index (χ0) is 20.9. The van der Waals surface area contributed by atoms with Crippen molar-refractivity contribution < 1.29 is 4.79 Å². The number of amides is 1. The van der Waals surface area contributed by atoms with Gasteiger partial charge in [-0.3, -0.25) is 4.79 Å². The predicted octanol–water partition coefficient (Wildman–Crippen LogP) is 3.53. The minimum Gasteiger partial charge on any atom is -0.368 e. The Kier molecular flexibility index (Phi) is 5.70. The molecule has 7 nitrogen and oxygen atoms in total. The van der Waals surface area contributed by atoms with E-state index in [0.29, 0.717) is 25.1 Å². The average molecular weight is 400 g/mol. The van der Waals surface area contributed by atoms with Crippen LogP contribution in [0.2, 0.25) is 0 Å². The third kappa shape index (κ3) is 4.15. The fourth-order valence-corrected chi connectivity index (χ4v) is 3.17. The third-order valence-corrected chi connectivity index (χ3v) is 4.81. The van der Waals surface area contributed by atoms with E-state index in [2.05, 4.69) is 44.8 Å². The lowest BCUT2D eigenvalue weighted by Gasteiger charge is -2.10. The molecule has 0 aliphatic heterocycles. The normalized spacial score (nSPS) is 10.9. The number of anilines is 1. The molecule has 1 amide bonds. The summed E-state index contributed by atoms with van der Waals surface area (Å²) in [5, 5.41) is 11.6. The Balaban J connectivity index is 1.51. The SMILES string of the molecule is CCc1nc(NCCNC(=O)c2ccccc2)c2cnn(-c3ccc(C)cc3)c2n1. The van der Waals surface area contributed by atoms with E-state index in [0.717, 1.165) is 28.4 Å². The minimum atomic E-state index is -0.0910. The number of hydrogen-bond acceptors (Lipinski definition) is 5. The Labute approximate surface area is 175 Å². The first-order valence-electron chi connectivity index (χ1n) is 10.0. The van der Waals surface area contributed by atoms with Crippen LogP contribution in [0.3, 0.4) is 0 Å². The molecule has 2 aromatic carbocycles. The molecule has 2 aromatic heterocycles. The van der Waals surface area contributed by atoms with Gasteiger partial charge in [-0.05, 0) is 31.2 Å². The summed E-state index contributed by atoms with van der Waals surface area (Å²) in [5.41, 5.74) is 3.56. The van der Waals surface area contributed by atoms with Crippen molar-refractivity contribution in [2.24, 2.45) is 0 Å². The van der Waals surface area contributed by atoms with Gasteiger partial charge in [0.25, 0.3) is 5.91 Å². The van der Waals surface area contributed by atoms with Crippen LogP contribution in [0.5, 0.6) is 0 Å². The van der Waals surface area contributed by atoms with Crippen LogP contribution in [0.15, 0.2) is 60.8 Å². The largest absolute Gasteiger partial charge is 0.368 e. The molecule has 0 radical (unpaired) electrons. The van der Waals surface area contributed by atoms with Crippen LogP contribution in [-0.2, 0) is 6.42 Å². The number of aryl methyl sites for hydroxylation is 2. The fraction of sp³-hybridized carbons (Fsp3) is 0.217. The van der Waals surface area contributed by atoms with E-state index in [1.807, 2.05) is 41.9 Å². The Morgan fingerprint density at radius 2 is 1.77 bits per heavy atom. The number of aromatic nitrogens is 4. The van der Waals surface area contributed by atoms with Crippen molar-refractivity contribution in [3.63, 3.8) is 0 Å². The van der Waals surface area contributed by atoms with Crippen molar-refractivity contribution >= 4 is 22.8 Å². The standard InChI is InChI=1S/C23H24N6O/c1-3-20-27-21(24-13-14-25-23(30)17-7-5-4-6-8-17)19-15-26-29(22(19)28-20)18-11-9-16(2)10-12-18/h4-12,15H,3,13-14H2,1-2H3,(H,25,30)(H,24,27,28). The second-order valence-corrected chi connectivity index (χ2v) is 7.02.